The molecule has 152 valence electrons. The average molecular weight is 379 g/mol. The van der Waals surface area contributed by atoms with E-state index in [2.05, 4.69) is 20.4 Å². The van der Waals surface area contributed by atoms with Crippen LogP contribution < -0.4 is 0 Å². The van der Waals surface area contributed by atoms with E-state index in [1.165, 1.54) is 0 Å². The second kappa shape index (κ2) is 9.18. The Morgan fingerprint density at radius 2 is 2.19 bits per heavy atom. The Bertz CT molecular complexity index is 629. The van der Waals surface area contributed by atoms with Crippen LogP contribution in [0, 0.1) is 11.3 Å². The second-order valence-electron chi connectivity index (χ2n) is 8.28. The Kier molecular flexibility index (Phi) is 7.43. The van der Waals surface area contributed by atoms with E-state index in [0.717, 1.165) is 48.0 Å². The summed E-state index contributed by atoms with van der Waals surface area (Å²) >= 11 is 0. The van der Waals surface area contributed by atoms with Crippen molar-refractivity contribution < 1.29 is 24.5 Å². The summed E-state index contributed by atoms with van der Waals surface area (Å²) in [4.78, 5) is 12.4. The number of esters is 1. The molecule has 0 saturated heterocycles. The first-order chi connectivity index (χ1) is 12.7. The van der Waals surface area contributed by atoms with Crippen LogP contribution in [0.15, 0.2) is 34.9 Å². The zero-order chi connectivity index (χ0) is 20.2. The summed E-state index contributed by atoms with van der Waals surface area (Å²) in [6.45, 7) is 12.5. The van der Waals surface area contributed by atoms with Crippen LogP contribution in [0.2, 0.25) is 0 Å². The van der Waals surface area contributed by atoms with Crippen molar-refractivity contribution in [2.24, 2.45) is 11.3 Å². The van der Waals surface area contributed by atoms with Gasteiger partial charge in [-0.3, -0.25) is 0 Å². The standard InChI is InChI=1S/C22H34O5/c1-6-26-21-18-10-9-16(22(4,5)19(18)20(25)27-21)8-7-14(2)11-17(24)12-15(3)13-23/h12,16-17,21,23-24H,2,6-11,13H2,1,3-5H3/t16-,17+,21+/m1/s1. The first kappa shape index (κ1) is 21.9. The van der Waals surface area contributed by atoms with E-state index < -0.39 is 12.4 Å². The van der Waals surface area contributed by atoms with Crippen LogP contribution in [0.4, 0.5) is 0 Å². The predicted octanol–water partition coefficient (Wildman–Crippen LogP) is 3.66. The summed E-state index contributed by atoms with van der Waals surface area (Å²) in [5.41, 5.74) is 3.29. The molecule has 27 heavy (non-hydrogen) atoms. The van der Waals surface area contributed by atoms with Crippen LogP contribution in [-0.2, 0) is 14.3 Å². The number of ether oxygens (including phenoxy) is 2. The number of carbonyl (C=O) groups is 1. The van der Waals surface area contributed by atoms with E-state index in [0.29, 0.717) is 18.9 Å². The van der Waals surface area contributed by atoms with Gasteiger partial charge in [-0.25, -0.2) is 4.79 Å². The molecule has 5 nitrogen and oxygen atoms in total. The normalized spacial score (nSPS) is 26.0. The van der Waals surface area contributed by atoms with Crippen molar-refractivity contribution >= 4 is 5.97 Å². The SMILES string of the molecule is C=C(CC[C@@H]1CCC2=C(C(=O)O[C@@H]2OCC)C1(C)C)C[C@H](O)C=C(C)CO. The summed E-state index contributed by atoms with van der Waals surface area (Å²) in [7, 11) is 0. The fourth-order valence-corrected chi connectivity index (χ4v) is 4.30. The third-order valence-electron chi connectivity index (χ3n) is 5.84. The minimum Gasteiger partial charge on any atom is -0.428 e. The maximum atomic E-state index is 12.4. The number of hydrogen-bond acceptors (Lipinski definition) is 5. The molecular weight excluding hydrogens is 344 g/mol. The molecular formula is C22H34O5. The van der Waals surface area contributed by atoms with Gasteiger partial charge in [-0.15, -0.1) is 0 Å². The summed E-state index contributed by atoms with van der Waals surface area (Å²) in [6, 6.07) is 0. The van der Waals surface area contributed by atoms with Crippen molar-refractivity contribution in [1.29, 1.82) is 0 Å². The van der Waals surface area contributed by atoms with Gasteiger partial charge in [0.15, 0.2) is 0 Å². The molecule has 0 unspecified atom stereocenters. The molecule has 3 atom stereocenters. The van der Waals surface area contributed by atoms with Gasteiger partial charge >= 0.3 is 5.97 Å². The smallest absolute Gasteiger partial charge is 0.337 e. The molecule has 2 rings (SSSR count). The third kappa shape index (κ3) is 5.09. The maximum Gasteiger partial charge on any atom is 0.337 e. The number of hydrogen-bond donors (Lipinski definition) is 2. The Balaban J connectivity index is 1.98. The molecule has 0 radical (unpaired) electrons. The molecule has 0 aromatic carbocycles. The molecule has 0 fully saturated rings. The lowest BCUT2D eigenvalue weighted by atomic mass is 9.64. The van der Waals surface area contributed by atoms with Crippen molar-refractivity contribution in [1.82, 2.24) is 0 Å². The highest BCUT2D eigenvalue weighted by Gasteiger charge is 2.48. The van der Waals surface area contributed by atoms with Crippen LogP contribution in [-0.4, -0.2) is 41.8 Å². The zero-order valence-electron chi connectivity index (χ0n) is 17.1. The lowest BCUT2D eigenvalue weighted by Gasteiger charge is -2.39. The van der Waals surface area contributed by atoms with E-state index in [1.807, 2.05) is 6.92 Å². The van der Waals surface area contributed by atoms with Gasteiger partial charge in [0.25, 0.3) is 0 Å². The molecule has 0 aromatic rings. The summed E-state index contributed by atoms with van der Waals surface area (Å²) < 4.78 is 11.0. The second-order valence-corrected chi connectivity index (χ2v) is 8.28. The molecule has 2 N–H and O–H groups in total. The Morgan fingerprint density at radius 1 is 1.48 bits per heavy atom. The van der Waals surface area contributed by atoms with Gasteiger partial charge in [0.2, 0.25) is 6.29 Å². The van der Waals surface area contributed by atoms with Crippen LogP contribution in [0.1, 0.15) is 59.8 Å². The highest BCUT2D eigenvalue weighted by Crippen LogP contribution is 2.51. The maximum absolute atomic E-state index is 12.4. The zero-order valence-corrected chi connectivity index (χ0v) is 17.1. The van der Waals surface area contributed by atoms with Gasteiger partial charge in [-0.2, -0.15) is 0 Å². The monoisotopic (exact) mass is 378 g/mol. The van der Waals surface area contributed by atoms with Crippen molar-refractivity contribution in [3.8, 4) is 0 Å². The molecule has 0 bridgehead atoms. The first-order valence-corrected chi connectivity index (χ1v) is 9.89. The molecule has 1 heterocycles. The highest BCUT2D eigenvalue weighted by atomic mass is 16.7. The topological polar surface area (TPSA) is 76.0 Å². The van der Waals surface area contributed by atoms with Crippen molar-refractivity contribution in [3.05, 3.63) is 34.9 Å². The third-order valence-corrected chi connectivity index (χ3v) is 5.84. The lowest BCUT2D eigenvalue weighted by Crippen LogP contribution is -2.33. The number of cyclic esters (lactones) is 1. The summed E-state index contributed by atoms with van der Waals surface area (Å²) in [5.74, 6) is 0.116. The summed E-state index contributed by atoms with van der Waals surface area (Å²) in [6.07, 6.45) is 4.59. The fraction of sp³-hybridized carbons (Fsp3) is 0.682. The number of aliphatic hydroxyl groups is 2. The Labute approximate surface area is 162 Å². The Hall–Kier alpha value is -1.43. The number of aliphatic hydroxyl groups excluding tert-OH is 2. The van der Waals surface area contributed by atoms with Gasteiger partial charge in [0.1, 0.15) is 0 Å². The highest BCUT2D eigenvalue weighted by molar-refractivity contribution is 5.93. The van der Waals surface area contributed by atoms with Crippen molar-refractivity contribution in [3.63, 3.8) is 0 Å². The van der Waals surface area contributed by atoms with Gasteiger partial charge in [-0.1, -0.05) is 32.1 Å². The largest absolute Gasteiger partial charge is 0.428 e. The van der Waals surface area contributed by atoms with Gasteiger partial charge in [-0.05, 0) is 62.9 Å². The Morgan fingerprint density at radius 3 is 2.81 bits per heavy atom. The van der Waals surface area contributed by atoms with Crippen molar-refractivity contribution in [2.45, 2.75) is 72.2 Å². The van der Waals surface area contributed by atoms with E-state index in [9.17, 15) is 9.90 Å². The molecule has 2 aliphatic rings. The van der Waals surface area contributed by atoms with Crippen molar-refractivity contribution in [2.75, 3.05) is 13.2 Å². The van der Waals surface area contributed by atoms with E-state index >= 15 is 0 Å². The lowest BCUT2D eigenvalue weighted by molar-refractivity contribution is -0.159. The molecule has 0 aromatic heterocycles. The quantitative estimate of drug-likeness (QED) is 0.473. The molecule has 1 aliphatic carbocycles. The van der Waals surface area contributed by atoms with E-state index in [4.69, 9.17) is 14.6 Å². The minimum absolute atomic E-state index is 0.0456. The van der Waals surface area contributed by atoms with Gasteiger partial charge < -0.3 is 19.7 Å². The molecule has 0 amide bonds. The predicted molar refractivity (Wildman–Crippen MR) is 105 cm³/mol. The van der Waals surface area contributed by atoms with Crippen LogP contribution in [0.3, 0.4) is 0 Å². The van der Waals surface area contributed by atoms with Crippen LogP contribution in [0.25, 0.3) is 0 Å². The van der Waals surface area contributed by atoms with Gasteiger partial charge in [0, 0.05) is 17.8 Å². The number of rotatable bonds is 9. The van der Waals surface area contributed by atoms with E-state index in [-0.39, 0.29) is 18.0 Å². The minimum atomic E-state index is -0.616. The number of carbonyl (C=O) groups excluding carboxylic acids is 1. The first-order valence-electron chi connectivity index (χ1n) is 9.89. The summed E-state index contributed by atoms with van der Waals surface area (Å²) in [5, 5.41) is 19.1. The van der Waals surface area contributed by atoms with E-state index in [1.54, 1.807) is 13.0 Å². The molecule has 0 saturated carbocycles. The van der Waals surface area contributed by atoms with Gasteiger partial charge in [0.05, 0.1) is 12.7 Å². The molecule has 5 heteroatoms. The average Bonchev–Trinajstić information content (AvgIpc) is 2.90. The molecule has 0 spiro atoms. The molecule has 1 aliphatic heterocycles. The fourth-order valence-electron chi connectivity index (χ4n) is 4.30. The van der Waals surface area contributed by atoms with Crippen LogP contribution >= 0.6 is 0 Å². The van der Waals surface area contributed by atoms with Crippen LogP contribution in [0.5, 0.6) is 0 Å².